The van der Waals surface area contributed by atoms with E-state index in [1.54, 1.807) is 0 Å². The Bertz CT molecular complexity index is 232. The number of halogens is 1. The Hall–Kier alpha value is 0.420. The van der Waals surface area contributed by atoms with Crippen LogP contribution in [-0.2, 0) is 4.79 Å². The summed E-state index contributed by atoms with van der Waals surface area (Å²) in [5, 5.41) is 6.99. The molecule has 1 amide bonds. The van der Waals surface area contributed by atoms with E-state index in [0.717, 1.165) is 19.5 Å². The first kappa shape index (κ1) is 15.5. The quantitative estimate of drug-likeness (QED) is 0.828. The highest BCUT2D eigenvalue weighted by Crippen LogP contribution is 2.23. The van der Waals surface area contributed by atoms with Crippen LogP contribution in [0.3, 0.4) is 0 Å². The van der Waals surface area contributed by atoms with E-state index in [0.29, 0.717) is 5.25 Å². The lowest BCUT2D eigenvalue weighted by molar-refractivity contribution is -0.123. The summed E-state index contributed by atoms with van der Waals surface area (Å²) in [5.41, 5.74) is 0. The minimum atomic E-state index is 0. The van der Waals surface area contributed by atoms with E-state index in [4.69, 9.17) is 0 Å². The molecule has 2 fully saturated rings. The van der Waals surface area contributed by atoms with Crippen molar-refractivity contribution >= 4 is 41.8 Å². The Morgan fingerprint density at radius 3 is 2.88 bits per heavy atom. The van der Waals surface area contributed by atoms with Gasteiger partial charge in [-0.1, -0.05) is 6.42 Å². The van der Waals surface area contributed by atoms with Crippen LogP contribution in [0, 0.1) is 0 Å². The van der Waals surface area contributed by atoms with Gasteiger partial charge in [-0.15, -0.1) is 12.4 Å². The molecule has 2 rings (SSSR count). The van der Waals surface area contributed by atoms with Crippen molar-refractivity contribution in [3.8, 4) is 0 Å². The van der Waals surface area contributed by atoms with Gasteiger partial charge < -0.3 is 10.6 Å². The van der Waals surface area contributed by atoms with Crippen LogP contribution < -0.4 is 10.6 Å². The molecule has 3 nitrogen and oxygen atoms in total. The molecule has 2 unspecified atom stereocenters. The number of carbonyl (C=O) groups is 1. The summed E-state index contributed by atoms with van der Waals surface area (Å²) >= 11 is 4.00. The number of piperidine rings is 1. The van der Waals surface area contributed by atoms with Crippen molar-refractivity contribution in [2.45, 2.75) is 30.6 Å². The predicted octanol–water partition coefficient (Wildman–Crippen LogP) is 1.52. The van der Waals surface area contributed by atoms with Gasteiger partial charge in [-0.3, -0.25) is 4.79 Å². The van der Waals surface area contributed by atoms with Crippen LogP contribution in [0.25, 0.3) is 0 Å². The molecule has 0 aliphatic carbocycles. The van der Waals surface area contributed by atoms with E-state index < -0.39 is 0 Å². The van der Waals surface area contributed by atoms with Crippen molar-refractivity contribution in [3.05, 3.63) is 0 Å². The number of hydrogen-bond acceptors (Lipinski definition) is 4. The average Bonchev–Trinajstić information content (AvgIpc) is 2.38. The van der Waals surface area contributed by atoms with Crippen LogP contribution in [0.2, 0.25) is 0 Å². The molecule has 0 spiro atoms. The zero-order chi connectivity index (χ0) is 11.2. The first-order valence-corrected chi connectivity index (χ1v) is 8.27. The summed E-state index contributed by atoms with van der Waals surface area (Å²) in [6, 6.07) is 0.0648. The molecule has 2 aliphatic heterocycles. The molecular formula is C11H21ClN2OS2. The van der Waals surface area contributed by atoms with Crippen molar-refractivity contribution in [2.75, 3.05) is 30.3 Å². The molecule has 2 atom stereocenters. The lowest BCUT2D eigenvalue weighted by Crippen LogP contribution is -2.48. The summed E-state index contributed by atoms with van der Waals surface area (Å²) in [6.07, 6.45) is 3.39. The second-order valence-corrected chi connectivity index (χ2v) is 6.87. The summed E-state index contributed by atoms with van der Waals surface area (Å²) in [5.74, 6) is 3.88. The van der Waals surface area contributed by atoms with Crippen LogP contribution in [0.5, 0.6) is 0 Å². The van der Waals surface area contributed by atoms with Crippen LogP contribution in [0.4, 0.5) is 0 Å². The maximum absolute atomic E-state index is 11.9. The third kappa shape index (κ3) is 5.28. The second-order valence-electron chi connectivity index (χ2n) is 4.32. The Morgan fingerprint density at radius 1 is 1.35 bits per heavy atom. The van der Waals surface area contributed by atoms with Gasteiger partial charge in [0.1, 0.15) is 0 Å². The molecular weight excluding hydrogens is 276 g/mol. The van der Waals surface area contributed by atoms with Gasteiger partial charge in [0.25, 0.3) is 0 Å². The van der Waals surface area contributed by atoms with Crippen molar-refractivity contribution in [1.82, 2.24) is 10.6 Å². The zero-order valence-corrected chi connectivity index (χ0v) is 12.4. The molecule has 0 saturated carbocycles. The van der Waals surface area contributed by atoms with Crippen molar-refractivity contribution in [1.29, 1.82) is 0 Å². The number of carbonyl (C=O) groups excluding carboxylic acids is 1. The number of rotatable bonds is 3. The third-order valence-corrected chi connectivity index (χ3v) is 5.86. The standard InChI is InChI=1S/C11H20N2OS2.ClH/c14-11(10-3-1-2-4-12-10)13-7-9-8-15-5-6-16-9;/h9-10,12H,1-8H2,(H,13,14);1H. The summed E-state index contributed by atoms with van der Waals surface area (Å²) in [6.45, 7) is 1.83. The van der Waals surface area contributed by atoms with Crippen molar-refractivity contribution in [3.63, 3.8) is 0 Å². The monoisotopic (exact) mass is 296 g/mol. The van der Waals surface area contributed by atoms with Crippen LogP contribution >= 0.6 is 35.9 Å². The zero-order valence-electron chi connectivity index (χ0n) is 9.94. The predicted molar refractivity (Wildman–Crippen MR) is 79.5 cm³/mol. The molecule has 6 heteroatoms. The number of nitrogens with one attached hydrogen (secondary N) is 2. The highest BCUT2D eigenvalue weighted by atomic mass is 35.5. The lowest BCUT2D eigenvalue weighted by Gasteiger charge is -2.25. The maximum atomic E-state index is 11.9. The van der Waals surface area contributed by atoms with E-state index in [2.05, 4.69) is 10.6 Å². The molecule has 2 aliphatic rings. The number of hydrogen-bond donors (Lipinski definition) is 2. The molecule has 0 aromatic heterocycles. The van der Waals surface area contributed by atoms with E-state index >= 15 is 0 Å². The average molecular weight is 297 g/mol. The summed E-state index contributed by atoms with van der Waals surface area (Å²) in [4.78, 5) is 11.9. The van der Waals surface area contributed by atoms with Crippen molar-refractivity contribution in [2.24, 2.45) is 0 Å². The van der Waals surface area contributed by atoms with Gasteiger partial charge in [-0.05, 0) is 19.4 Å². The Labute approximate surface area is 118 Å². The molecule has 0 aromatic carbocycles. The third-order valence-electron chi connectivity index (χ3n) is 3.02. The van der Waals surface area contributed by atoms with E-state index in [-0.39, 0.29) is 24.4 Å². The van der Waals surface area contributed by atoms with Crippen LogP contribution in [0.1, 0.15) is 19.3 Å². The molecule has 0 bridgehead atoms. The Morgan fingerprint density at radius 2 is 2.24 bits per heavy atom. The minimum Gasteiger partial charge on any atom is -0.354 e. The van der Waals surface area contributed by atoms with Gasteiger partial charge >= 0.3 is 0 Å². The highest BCUT2D eigenvalue weighted by molar-refractivity contribution is 8.06. The lowest BCUT2D eigenvalue weighted by atomic mass is 10.0. The fourth-order valence-electron chi connectivity index (χ4n) is 2.07. The van der Waals surface area contributed by atoms with Crippen LogP contribution in [0.15, 0.2) is 0 Å². The van der Waals surface area contributed by atoms with Gasteiger partial charge in [0.15, 0.2) is 0 Å². The largest absolute Gasteiger partial charge is 0.354 e. The Balaban J connectivity index is 0.00000144. The van der Waals surface area contributed by atoms with Gasteiger partial charge in [-0.25, -0.2) is 0 Å². The molecule has 0 aromatic rings. The minimum absolute atomic E-state index is 0. The smallest absolute Gasteiger partial charge is 0.237 e. The summed E-state index contributed by atoms with van der Waals surface area (Å²) < 4.78 is 0. The Kier molecular flexibility index (Phi) is 7.75. The normalized spacial score (nSPS) is 29.2. The molecule has 2 heterocycles. The fourth-order valence-corrected chi connectivity index (χ4v) is 4.68. The number of thioether (sulfide) groups is 2. The topological polar surface area (TPSA) is 41.1 Å². The maximum Gasteiger partial charge on any atom is 0.237 e. The molecule has 100 valence electrons. The van der Waals surface area contributed by atoms with Gasteiger partial charge in [0.2, 0.25) is 5.91 Å². The van der Waals surface area contributed by atoms with E-state index in [1.165, 1.54) is 30.1 Å². The van der Waals surface area contributed by atoms with E-state index in [1.807, 2.05) is 23.5 Å². The molecule has 0 radical (unpaired) electrons. The highest BCUT2D eigenvalue weighted by Gasteiger charge is 2.21. The molecule has 17 heavy (non-hydrogen) atoms. The summed E-state index contributed by atoms with van der Waals surface area (Å²) in [7, 11) is 0. The van der Waals surface area contributed by atoms with Gasteiger partial charge in [0.05, 0.1) is 6.04 Å². The first-order chi connectivity index (χ1) is 7.86. The molecule has 2 N–H and O–H groups in total. The van der Waals surface area contributed by atoms with Gasteiger partial charge in [-0.2, -0.15) is 23.5 Å². The van der Waals surface area contributed by atoms with Crippen LogP contribution in [-0.4, -0.2) is 47.5 Å². The fraction of sp³-hybridized carbons (Fsp3) is 0.909. The van der Waals surface area contributed by atoms with Gasteiger partial charge in [0, 0.05) is 29.1 Å². The second kappa shape index (κ2) is 8.51. The first-order valence-electron chi connectivity index (χ1n) is 6.07. The SMILES string of the molecule is Cl.O=C(NCC1CSCCS1)C1CCCCN1. The number of amides is 1. The molecule has 2 saturated heterocycles. The van der Waals surface area contributed by atoms with Crippen molar-refractivity contribution < 1.29 is 4.79 Å². The van der Waals surface area contributed by atoms with E-state index in [9.17, 15) is 4.79 Å².